The van der Waals surface area contributed by atoms with Crippen LogP contribution in [0.4, 0.5) is 11.6 Å². The van der Waals surface area contributed by atoms with Gasteiger partial charge in [0.25, 0.3) is 0 Å². The number of hydrogen-bond donors (Lipinski definition) is 2. The minimum absolute atomic E-state index is 0.0239. The standard InChI is InChI=1S/C27H35N5O5S/c1-7-27(5,28)21-14-30-25(36-15(2)10-11-38(6,34)35)20-13-29-23(12-19(20)21)31-22-9-8-18-24(32-22)16(3)17(4)37-26(18)33/h8-9,12-17H,7,10-11,28H2,1-6H3,(H,29,31,32)/t15-,16+,17+,27?/m1/s1. The molecule has 4 heterocycles. The second-order valence-corrected chi connectivity index (χ2v) is 12.6. The lowest BCUT2D eigenvalue weighted by atomic mass is 9.88. The molecule has 0 spiro atoms. The number of anilines is 2. The first-order valence-electron chi connectivity index (χ1n) is 12.7. The number of pyridine rings is 3. The van der Waals surface area contributed by atoms with Gasteiger partial charge in [-0.2, -0.15) is 0 Å². The van der Waals surface area contributed by atoms with E-state index in [4.69, 9.17) is 20.2 Å². The van der Waals surface area contributed by atoms with Crippen molar-refractivity contribution in [2.75, 3.05) is 17.3 Å². The van der Waals surface area contributed by atoms with Gasteiger partial charge >= 0.3 is 5.97 Å². The Morgan fingerprint density at radius 3 is 2.61 bits per heavy atom. The Labute approximate surface area is 223 Å². The number of ether oxygens (including phenoxy) is 2. The summed E-state index contributed by atoms with van der Waals surface area (Å²) < 4.78 is 34.6. The van der Waals surface area contributed by atoms with Crippen LogP contribution in [0.2, 0.25) is 0 Å². The monoisotopic (exact) mass is 541 g/mol. The summed E-state index contributed by atoms with van der Waals surface area (Å²) in [6.07, 6.45) is 4.97. The molecule has 204 valence electrons. The van der Waals surface area contributed by atoms with Crippen molar-refractivity contribution < 1.29 is 22.7 Å². The summed E-state index contributed by atoms with van der Waals surface area (Å²) in [5.41, 5.74) is 7.96. The molecular weight excluding hydrogens is 506 g/mol. The van der Waals surface area contributed by atoms with Crippen molar-refractivity contribution in [3.05, 3.63) is 47.4 Å². The van der Waals surface area contributed by atoms with Crippen LogP contribution in [-0.2, 0) is 20.1 Å². The molecule has 0 amide bonds. The smallest absolute Gasteiger partial charge is 0.340 e. The Bertz CT molecular complexity index is 1470. The van der Waals surface area contributed by atoms with Gasteiger partial charge in [-0.3, -0.25) is 0 Å². The predicted molar refractivity (Wildman–Crippen MR) is 147 cm³/mol. The van der Waals surface area contributed by atoms with Gasteiger partial charge in [0.1, 0.15) is 27.6 Å². The number of nitrogens with two attached hydrogens (primary N) is 1. The molecule has 38 heavy (non-hydrogen) atoms. The van der Waals surface area contributed by atoms with Crippen molar-refractivity contribution >= 4 is 38.2 Å². The largest absolute Gasteiger partial charge is 0.474 e. The van der Waals surface area contributed by atoms with Gasteiger partial charge in [0.15, 0.2) is 0 Å². The maximum absolute atomic E-state index is 12.3. The molecule has 0 fully saturated rings. The molecular formula is C27H35N5O5S. The Morgan fingerprint density at radius 2 is 1.92 bits per heavy atom. The van der Waals surface area contributed by atoms with E-state index in [-0.39, 0.29) is 29.8 Å². The highest BCUT2D eigenvalue weighted by Gasteiger charge is 2.31. The van der Waals surface area contributed by atoms with Crippen LogP contribution in [0.15, 0.2) is 30.6 Å². The van der Waals surface area contributed by atoms with Gasteiger partial charge in [-0.05, 0) is 62.8 Å². The molecule has 0 saturated carbocycles. The molecule has 0 radical (unpaired) electrons. The highest BCUT2D eigenvalue weighted by molar-refractivity contribution is 7.90. The second kappa shape index (κ2) is 10.5. The number of esters is 1. The molecule has 0 aliphatic carbocycles. The van der Waals surface area contributed by atoms with Gasteiger partial charge in [-0.25, -0.2) is 28.2 Å². The first-order chi connectivity index (χ1) is 17.8. The molecule has 0 aromatic carbocycles. The summed E-state index contributed by atoms with van der Waals surface area (Å²) in [7, 11) is -3.10. The quantitative estimate of drug-likeness (QED) is 0.377. The number of carbonyl (C=O) groups is 1. The minimum atomic E-state index is -3.10. The zero-order valence-corrected chi connectivity index (χ0v) is 23.4. The van der Waals surface area contributed by atoms with Gasteiger partial charge in [0, 0.05) is 30.1 Å². The van der Waals surface area contributed by atoms with Crippen molar-refractivity contribution in [3.8, 4) is 5.88 Å². The first-order valence-corrected chi connectivity index (χ1v) is 14.8. The molecule has 3 aromatic heterocycles. The third-order valence-electron chi connectivity index (χ3n) is 7.12. The molecule has 10 nitrogen and oxygen atoms in total. The van der Waals surface area contributed by atoms with Gasteiger partial charge in [-0.15, -0.1) is 0 Å². The third-order valence-corrected chi connectivity index (χ3v) is 8.10. The summed E-state index contributed by atoms with van der Waals surface area (Å²) in [6.45, 7) is 9.60. The van der Waals surface area contributed by atoms with E-state index in [9.17, 15) is 13.2 Å². The van der Waals surface area contributed by atoms with E-state index in [1.54, 1.807) is 24.5 Å². The Kier molecular flexibility index (Phi) is 7.62. The van der Waals surface area contributed by atoms with Crippen LogP contribution < -0.4 is 15.8 Å². The number of hydrogen-bond acceptors (Lipinski definition) is 10. The number of nitrogens with zero attached hydrogens (tertiary/aromatic N) is 3. The lowest BCUT2D eigenvalue weighted by Gasteiger charge is -2.27. The summed E-state index contributed by atoms with van der Waals surface area (Å²) in [5.74, 6) is 1.07. The van der Waals surface area contributed by atoms with Crippen LogP contribution in [0.5, 0.6) is 5.88 Å². The van der Waals surface area contributed by atoms with Gasteiger partial charge < -0.3 is 20.5 Å². The van der Waals surface area contributed by atoms with Crippen molar-refractivity contribution in [2.45, 2.75) is 71.1 Å². The minimum Gasteiger partial charge on any atom is -0.474 e. The number of nitrogens with one attached hydrogen (secondary N) is 1. The lowest BCUT2D eigenvalue weighted by Crippen LogP contribution is -2.32. The first kappa shape index (κ1) is 27.7. The fourth-order valence-corrected chi connectivity index (χ4v) is 5.06. The van der Waals surface area contributed by atoms with E-state index in [2.05, 4.69) is 15.3 Å². The molecule has 1 aliphatic rings. The van der Waals surface area contributed by atoms with Gasteiger partial charge in [0.2, 0.25) is 5.88 Å². The van der Waals surface area contributed by atoms with Gasteiger partial charge in [0.05, 0.1) is 28.5 Å². The maximum atomic E-state index is 12.3. The normalized spacial score (nSPS) is 19.8. The van der Waals surface area contributed by atoms with Crippen molar-refractivity contribution in [1.29, 1.82) is 0 Å². The summed E-state index contributed by atoms with van der Waals surface area (Å²) >= 11 is 0. The fraction of sp³-hybridized carbons (Fsp3) is 0.481. The highest BCUT2D eigenvalue weighted by Crippen LogP contribution is 2.35. The average Bonchev–Trinajstić information content (AvgIpc) is 2.85. The van der Waals surface area contributed by atoms with Crippen LogP contribution >= 0.6 is 0 Å². The highest BCUT2D eigenvalue weighted by atomic mass is 32.2. The molecule has 3 aromatic rings. The van der Waals surface area contributed by atoms with E-state index < -0.39 is 15.4 Å². The molecule has 1 unspecified atom stereocenters. The molecule has 4 rings (SSSR count). The molecule has 11 heteroatoms. The van der Waals surface area contributed by atoms with Crippen molar-refractivity contribution in [2.24, 2.45) is 5.73 Å². The number of rotatable bonds is 9. The number of aromatic nitrogens is 3. The van der Waals surface area contributed by atoms with E-state index in [1.807, 2.05) is 40.7 Å². The summed E-state index contributed by atoms with van der Waals surface area (Å²) in [6, 6.07) is 5.31. The number of fused-ring (bicyclic) bond motifs is 2. The number of carbonyl (C=O) groups excluding carboxylic acids is 1. The van der Waals surface area contributed by atoms with Crippen LogP contribution in [0, 0.1) is 0 Å². The fourth-order valence-electron chi connectivity index (χ4n) is 4.30. The molecule has 0 bridgehead atoms. The lowest BCUT2D eigenvalue weighted by molar-refractivity contribution is 0.0235. The maximum Gasteiger partial charge on any atom is 0.340 e. The molecule has 1 aliphatic heterocycles. The van der Waals surface area contributed by atoms with E-state index >= 15 is 0 Å². The Morgan fingerprint density at radius 1 is 1.18 bits per heavy atom. The van der Waals surface area contributed by atoms with Crippen molar-refractivity contribution in [3.63, 3.8) is 0 Å². The van der Waals surface area contributed by atoms with E-state index in [0.717, 1.165) is 10.9 Å². The summed E-state index contributed by atoms with van der Waals surface area (Å²) in [5, 5.41) is 4.74. The van der Waals surface area contributed by atoms with Gasteiger partial charge in [-0.1, -0.05) is 13.8 Å². The Balaban J connectivity index is 1.70. The zero-order chi connectivity index (χ0) is 27.8. The molecule has 3 N–H and O–H groups in total. The topological polar surface area (TPSA) is 146 Å². The van der Waals surface area contributed by atoms with E-state index in [0.29, 0.717) is 47.0 Å². The summed E-state index contributed by atoms with van der Waals surface area (Å²) in [4.78, 5) is 26.0. The van der Waals surface area contributed by atoms with Crippen LogP contribution in [0.3, 0.4) is 0 Å². The second-order valence-electron chi connectivity index (χ2n) is 10.4. The molecule has 4 atom stereocenters. The molecule has 0 saturated heterocycles. The van der Waals surface area contributed by atoms with E-state index in [1.165, 1.54) is 6.26 Å². The SMILES string of the molecule is CCC(C)(N)c1cnc(O[C@H](C)CCS(C)(=O)=O)c2cnc(Nc3ccc4c(n3)[C@@H](C)[C@H](C)OC4=O)cc12. The van der Waals surface area contributed by atoms with Crippen LogP contribution in [0.1, 0.15) is 75.0 Å². The van der Waals surface area contributed by atoms with Crippen LogP contribution in [0.25, 0.3) is 10.8 Å². The number of sulfone groups is 1. The van der Waals surface area contributed by atoms with Crippen molar-refractivity contribution in [1.82, 2.24) is 15.0 Å². The zero-order valence-electron chi connectivity index (χ0n) is 22.6. The average molecular weight is 542 g/mol. The Hall–Kier alpha value is -3.31. The third kappa shape index (κ3) is 5.88. The number of cyclic esters (lactones) is 1. The van der Waals surface area contributed by atoms with Crippen LogP contribution in [-0.4, -0.2) is 53.6 Å². The predicted octanol–water partition coefficient (Wildman–Crippen LogP) is 4.22.